The Morgan fingerprint density at radius 2 is 2.11 bits per heavy atom. The van der Waals surface area contributed by atoms with Crippen LogP contribution >= 0.6 is 0 Å². The van der Waals surface area contributed by atoms with E-state index in [0.717, 1.165) is 12.0 Å². The number of aryl methyl sites for hydroxylation is 1. The summed E-state index contributed by atoms with van der Waals surface area (Å²) in [6.07, 6.45) is 1.000. The molecule has 0 saturated heterocycles. The number of rotatable bonds is 4. The first-order chi connectivity index (χ1) is 8.78. The van der Waals surface area contributed by atoms with Gasteiger partial charge in [-0.25, -0.2) is 4.79 Å². The van der Waals surface area contributed by atoms with Crippen LogP contribution in [0.1, 0.15) is 32.8 Å². The number of hydrogen-bond donors (Lipinski definition) is 3. The number of phenolic OH excluding ortho intramolecular Hbond substituents is 1. The second-order valence-corrected chi connectivity index (χ2v) is 5.42. The predicted octanol–water partition coefficient (Wildman–Crippen LogP) is 2.43. The first-order valence-electron chi connectivity index (χ1n) is 6.32. The van der Waals surface area contributed by atoms with E-state index in [1.807, 2.05) is 20.8 Å². The van der Waals surface area contributed by atoms with Gasteiger partial charge in [-0.15, -0.1) is 0 Å². The molecule has 0 spiro atoms. The molecule has 4 N–H and O–H groups in total. The lowest BCUT2D eigenvalue weighted by Crippen LogP contribution is -2.33. The largest absolute Gasteiger partial charge is 0.508 e. The van der Waals surface area contributed by atoms with Crippen molar-refractivity contribution >= 4 is 11.8 Å². The molecule has 1 amide bonds. The standard InChI is InChI=1S/C14H22N2O3/c1-14(2,3)19-13(18)16-8-4-5-10-9-11(17)6-7-12(10)15/h6-7,9,17H,4-5,8,15H2,1-3H3,(H,16,18). The molecule has 1 aromatic carbocycles. The van der Waals surface area contributed by atoms with Gasteiger partial charge in [0.1, 0.15) is 11.4 Å². The Kier molecular flexibility index (Phi) is 5.03. The number of carbonyl (C=O) groups excluding carboxylic acids is 1. The third kappa shape index (κ3) is 5.99. The van der Waals surface area contributed by atoms with E-state index in [2.05, 4.69) is 5.32 Å². The zero-order valence-corrected chi connectivity index (χ0v) is 11.7. The highest BCUT2D eigenvalue weighted by Gasteiger charge is 2.15. The molecule has 0 aliphatic carbocycles. The van der Waals surface area contributed by atoms with E-state index >= 15 is 0 Å². The van der Waals surface area contributed by atoms with Crippen molar-refractivity contribution in [3.05, 3.63) is 23.8 Å². The van der Waals surface area contributed by atoms with Gasteiger partial charge < -0.3 is 20.9 Å². The zero-order valence-electron chi connectivity index (χ0n) is 11.7. The molecule has 1 aromatic rings. The summed E-state index contributed by atoms with van der Waals surface area (Å²) in [5, 5.41) is 12.0. The maximum absolute atomic E-state index is 11.4. The van der Waals surface area contributed by atoms with E-state index in [4.69, 9.17) is 10.5 Å². The number of phenols is 1. The van der Waals surface area contributed by atoms with Crippen LogP contribution in [-0.2, 0) is 11.2 Å². The number of nitrogens with two attached hydrogens (primary N) is 1. The second-order valence-electron chi connectivity index (χ2n) is 5.42. The van der Waals surface area contributed by atoms with Gasteiger partial charge in [-0.2, -0.15) is 0 Å². The van der Waals surface area contributed by atoms with Crippen molar-refractivity contribution in [3.63, 3.8) is 0 Å². The molecular formula is C14H22N2O3. The van der Waals surface area contributed by atoms with Gasteiger partial charge in [0.15, 0.2) is 0 Å². The lowest BCUT2D eigenvalue weighted by atomic mass is 10.1. The third-order valence-electron chi connectivity index (χ3n) is 2.42. The summed E-state index contributed by atoms with van der Waals surface area (Å²) in [7, 11) is 0. The van der Waals surface area contributed by atoms with Crippen LogP contribution in [0.15, 0.2) is 18.2 Å². The molecule has 0 saturated carbocycles. The third-order valence-corrected chi connectivity index (χ3v) is 2.42. The molecule has 0 atom stereocenters. The van der Waals surface area contributed by atoms with Crippen molar-refractivity contribution in [2.75, 3.05) is 12.3 Å². The number of nitrogen functional groups attached to an aromatic ring is 1. The summed E-state index contributed by atoms with van der Waals surface area (Å²) in [5.41, 5.74) is 6.83. The van der Waals surface area contributed by atoms with Gasteiger partial charge in [-0.05, 0) is 57.4 Å². The van der Waals surface area contributed by atoms with Crippen molar-refractivity contribution < 1.29 is 14.6 Å². The van der Waals surface area contributed by atoms with Gasteiger partial charge in [0, 0.05) is 12.2 Å². The molecule has 0 aromatic heterocycles. The first kappa shape index (κ1) is 15.1. The van der Waals surface area contributed by atoms with Gasteiger partial charge in [0.2, 0.25) is 0 Å². The summed E-state index contributed by atoms with van der Waals surface area (Å²) in [6.45, 7) is 5.96. The number of hydrogen-bond acceptors (Lipinski definition) is 4. The fourth-order valence-electron chi connectivity index (χ4n) is 1.59. The van der Waals surface area contributed by atoms with Gasteiger partial charge in [0.05, 0.1) is 0 Å². The predicted molar refractivity (Wildman–Crippen MR) is 75.1 cm³/mol. The Bertz CT molecular complexity index is 439. The maximum atomic E-state index is 11.4. The molecule has 0 unspecified atom stereocenters. The van der Waals surface area contributed by atoms with E-state index in [-0.39, 0.29) is 5.75 Å². The zero-order chi connectivity index (χ0) is 14.5. The fraction of sp³-hybridized carbons (Fsp3) is 0.500. The van der Waals surface area contributed by atoms with Gasteiger partial charge in [-0.1, -0.05) is 0 Å². The number of nitrogens with one attached hydrogen (secondary N) is 1. The molecule has 0 bridgehead atoms. The number of carbonyl (C=O) groups is 1. The number of anilines is 1. The average Bonchev–Trinajstić information content (AvgIpc) is 2.26. The van der Waals surface area contributed by atoms with Crippen molar-refractivity contribution in [1.29, 1.82) is 0 Å². The van der Waals surface area contributed by atoms with Crippen LogP contribution in [0.2, 0.25) is 0 Å². The van der Waals surface area contributed by atoms with Gasteiger partial charge in [-0.3, -0.25) is 0 Å². The lowest BCUT2D eigenvalue weighted by Gasteiger charge is -2.19. The molecule has 106 valence electrons. The monoisotopic (exact) mass is 266 g/mol. The molecule has 0 aliphatic rings. The van der Waals surface area contributed by atoms with E-state index in [1.165, 1.54) is 0 Å². The summed E-state index contributed by atoms with van der Waals surface area (Å²) < 4.78 is 5.12. The summed E-state index contributed by atoms with van der Waals surface area (Å²) >= 11 is 0. The van der Waals surface area contributed by atoms with E-state index in [1.54, 1.807) is 18.2 Å². The van der Waals surface area contributed by atoms with Gasteiger partial charge in [0.25, 0.3) is 0 Å². The quantitative estimate of drug-likeness (QED) is 0.444. The molecule has 0 fully saturated rings. The number of aromatic hydroxyl groups is 1. The van der Waals surface area contributed by atoms with Crippen LogP contribution in [0.25, 0.3) is 0 Å². The number of ether oxygens (including phenoxy) is 1. The number of amides is 1. The van der Waals surface area contributed by atoms with E-state index in [0.29, 0.717) is 18.7 Å². The van der Waals surface area contributed by atoms with Crippen LogP contribution in [0.5, 0.6) is 5.75 Å². The molecule has 1 rings (SSSR count). The highest BCUT2D eigenvalue weighted by Crippen LogP contribution is 2.19. The number of alkyl carbamates (subject to hydrolysis) is 1. The van der Waals surface area contributed by atoms with Crippen molar-refractivity contribution in [3.8, 4) is 5.75 Å². The summed E-state index contributed by atoms with van der Waals surface area (Å²) in [5.74, 6) is 0.198. The normalized spacial score (nSPS) is 11.1. The minimum atomic E-state index is -0.486. The lowest BCUT2D eigenvalue weighted by molar-refractivity contribution is 0.0527. The molecule has 5 heteroatoms. The summed E-state index contributed by atoms with van der Waals surface area (Å²) in [4.78, 5) is 11.4. The Morgan fingerprint density at radius 1 is 1.42 bits per heavy atom. The molecule has 19 heavy (non-hydrogen) atoms. The minimum absolute atomic E-state index is 0.198. The van der Waals surface area contributed by atoms with Crippen molar-refractivity contribution in [1.82, 2.24) is 5.32 Å². The van der Waals surface area contributed by atoms with Crippen LogP contribution in [-0.4, -0.2) is 23.3 Å². The topological polar surface area (TPSA) is 84.6 Å². The van der Waals surface area contributed by atoms with Gasteiger partial charge >= 0.3 is 6.09 Å². The molecular weight excluding hydrogens is 244 g/mol. The molecule has 0 radical (unpaired) electrons. The van der Waals surface area contributed by atoms with Crippen LogP contribution in [0, 0.1) is 0 Å². The van der Waals surface area contributed by atoms with Crippen LogP contribution < -0.4 is 11.1 Å². The van der Waals surface area contributed by atoms with E-state index < -0.39 is 11.7 Å². The fourth-order valence-corrected chi connectivity index (χ4v) is 1.59. The number of benzene rings is 1. The smallest absolute Gasteiger partial charge is 0.407 e. The highest BCUT2D eigenvalue weighted by atomic mass is 16.6. The van der Waals surface area contributed by atoms with Crippen molar-refractivity contribution in [2.45, 2.75) is 39.2 Å². The SMILES string of the molecule is CC(C)(C)OC(=O)NCCCc1cc(O)ccc1N. The molecule has 0 heterocycles. The Labute approximate surface area is 113 Å². The average molecular weight is 266 g/mol. The second kappa shape index (κ2) is 6.31. The molecule has 0 aliphatic heterocycles. The van der Waals surface area contributed by atoms with Crippen LogP contribution in [0.4, 0.5) is 10.5 Å². The summed E-state index contributed by atoms with van der Waals surface area (Å²) in [6, 6.07) is 4.87. The van der Waals surface area contributed by atoms with Crippen molar-refractivity contribution in [2.24, 2.45) is 0 Å². The first-order valence-corrected chi connectivity index (χ1v) is 6.32. The molecule has 5 nitrogen and oxygen atoms in total. The maximum Gasteiger partial charge on any atom is 0.407 e. The van der Waals surface area contributed by atoms with Crippen LogP contribution in [0.3, 0.4) is 0 Å². The Morgan fingerprint density at radius 3 is 2.74 bits per heavy atom. The Balaban J connectivity index is 2.31. The Hall–Kier alpha value is -1.91. The minimum Gasteiger partial charge on any atom is -0.508 e. The van der Waals surface area contributed by atoms with E-state index in [9.17, 15) is 9.90 Å². The highest BCUT2D eigenvalue weighted by molar-refractivity contribution is 5.67.